The van der Waals surface area contributed by atoms with Gasteiger partial charge in [-0.2, -0.15) is 0 Å². The van der Waals surface area contributed by atoms with Gasteiger partial charge >= 0.3 is 17.9 Å². The SMILES string of the molecule is CCCC/C=C\C/C=C\CCCCCCCC(=O)OCC(COC(=O)CCCCCCCCC/C=C\CCCCCCCCC)OC(=O)CCCCCCC/C=C\C/C=C\CCCC. The van der Waals surface area contributed by atoms with Crippen LogP contribution in [0.5, 0.6) is 0 Å². The zero-order chi connectivity index (χ0) is 46.5. The van der Waals surface area contributed by atoms with E-state index in [1.807, 2.05) is 0 Å². The maximum atomic E-state index is 12.8. The van der Waals surface area contributed by atoms with Gasteiger partial charge in [-0.15, -0.1) is 0 Å². The van der Waals surface area contributed by atoms with Crippen molar-refractivity contribution in [2.45, 2.75) is 277 Å². The molecule has 6 nitrogen and oxygen atoms in total. The van der Waals surface area contributed by atoms with Crippen LogP contribution in [0, 0.1) is 0 Å². The van der Waals surface area contributed by atoms with E-state index in [0.717, 1.165) is 103 Å². The van der Waals surface area contributed by atoms with Crippen molar-refractivity contribution in [3.63, 3.8) is 0 Å². The lowest BCUT2D eigenvalue weighted by molar-refractivity contribution is -0.167. The first kappa shape index (κ1) is 61.1. The molecule has 0 radical (unpaired) electrons. The maximum Gasteiger partial charge on any atom is 0.306 e. The number of rotatable bonds is 49. The van der Waals surface area contributed by atoms with Gasteiger partial charge in [0.15, 0.2) is 6.10 Å². The number of allylic oxidation sites excluding steroid dienone is 10. The number of ether oxygens (including phenoxy) is 3. The summed E-state index contributed by atoms with van der Waals surface area (Å²) in [6, 6.07) is 0. The van der Waals surface area contributed by atoms with E-state index < -0.39 is 6.10 Å². The van der Waals surface area contributed by atoms with Crippen LogP contribution < -0.4 is 0 Å². The van der Waals surface area contributed by atoms with Crippen molar-refractivity contribution in [3.8, 4) is 0 Å². The van der Waals surface area contributed by atoms with Gasteiger partial charge in [-0.25, -0.2) is 0 Å². The molecule has 0 aromatic carbocycles. The highest BCUT2D eigenvalue weighted by molar-refractivity contribution is 5.71. The van der Waals surface area contributed by atoms with Crippen molar-refractivity contribution >= 4 is 17.9 Å². The Bertz CT molecular complexity index is 1170. The van der Waals surface area contributed by atoms with Crippen molar-refractivity contribution in [2.24, 2.45) is 0 Å². The molecule has 0 saturated heterocycles. The lowest BCUT2D eigenvalue weighted by Crippen LogP contribution is -2.30. The molecular weight excluding hydrogens is 793 g/mol. The largest absolute Gasteiger partial charge is 0.462 e. The Hall–Kier alpha value is -2.89. The Labute approximate surface area is 396 Å². The summed E-state index contributed by atoms with van der Waals surface area (Å²) in [6.45, 7) is 6.54. The third kappa shape index (κ3) is 50.1. The normalized spacial score (nSPS) is 12.5. The molecule has 0 spiro atoms. The van der Waals surface area contributed by atoms with Gasteiger partial charge in [0.1, 0.15) is 13.2 Å². The number of carbonyl (C=O) groups excluding carboxylic acids is 3. The molecule has 1 unspecified atom stereocenters. The molecule has 0 aromatic heterocycles. The molecule has 6 heteroatoms. The molecule has 0 saturated carbocycles. The molecule has 0 aromatic rings. The maximum absolute atomic E-state index is 12.8. The topological polar surface area (TPSA) is 78.9 Å². The number of hydrogen-bond donors (Lipinski definition) is 0. The van der Waals surface area contributed by atoms with E-state index in [1.165, 1.54) is 128 Å². The molecule has 1 atom stereocenters. The van der Waals surface area contributed by atoms with E-state index in [1.54, 1.807) is 0 Å². The number of carbonyl (C=O) groups is 3. The van der Waals surface area contributed by atoms with Gasteiger partial charge < -0.3 is 14.2 Å². The van der Waals surface area contributed by atoms with Crippen LogP contribution in [0.15, 0.2) is 60.8 Å². The predicted molar refractivity (Wildman–Crippen MR) is 275 cm³/mol. The van der Waals surface area contributed by atoms with Crippen LogP contribution >= 0.6 is 0 Å². The fourth-order valence-electron chi connectivity index (χ4n) is 7.53. The lowest BCUT2D eigenvalue weighted by Gasteiger charge is -2.18. The molecule has 0 N–H and O–H groups in total. The van der Waals surface area contributed by atoms with Gasteiger partial charge in [-0.3, -0.25) is 14.4 Å². The van der Waals surface area contributed by atoms with Crippen molar-refractivity contribution in [3.05, 3.63) is 60.8 Å². The second kappa shape index (κ2) is 52.7. The number of unbranched alkanes of at least 4 members (excludes halogenated alkanes) is 28. The molecular formula is C58H102O6. The van der Waals surface area contributed by atoms with Crippen LogP contribution in [0.25, 0.3) is 0 Å². The van der Waals surface area contributed by atoms with Gasteiger partial charge in [0.25, 0.3) is 0 Å². The third-order valence-corrected chi connectivity index (χ3v) is 11.7. The molecule has 0 heterocycles. The number of hydrogen-bond acceptors (Lipinski definition) is 6. The Morgan fingerprint density at radius 2 is 0.578 bits per heavy atom. The monoisotopic (exact) mass is 895 g/mol. The van der Waals surface area contributed by atoms with E-state index >= 15 is 0 Å². The van der Waals surface area contributed by atoms with Crippen LogP contribution in [-0.2, 0) is 28.6 Å². The van der Waals surface area contributed by atoms with Crippen LogP contribution in [0.2, 0.25) is 0 Å². The van der Waals surface area contributed by atoms with Crippen molar-refractivity contribution in [2.75, 3.05) is 13.2 Å². The fourth-order valence-corrected chi connectivity index (χ4v) is 7.53. The predicted octanol–water partition coefficient (Wildman–Crippen LogP) is 18.0. The lowest BCUT2D eigenvalue weighted by atomic mass is 10.1. The van der Waals surface area contributed by atoms with E-state index in [4.69, 9.17) is 14.2 Å². The fraction of sp³-hybridized carbons (Fsp3) is 0.776. The summed E-state index contributed by atoms with van der Waals surface area (Å²) < 4.78 is 16.8. The van der Waals surface area contributed by atoms with Gasteiger partial charge in [0.05, 0.1) is 0 Å². The summed E-state index contributed by atoms with van der Waals surface area (Å²) in [5.41, 5.74) is 0. The zero-order valence-corrected chi connectivity index (χ0v) is 42.3. The second-order valence-corrected chi connectivity index (χ2v) is 18.1. The minimum Gasteiger partial charge on any atom is -0.462 e. The van der Waals surface area contributed by atoms with Crippen LogP contribution in [-0.4, -0.2) is 37.2 Å². The van der Waals surface area contributed by atoms with Gasteiger partial charge in [0.2, 0.25) is 0 Å². The van der Waals surface area contributed by atoms with E-state index in [9.17, 15) is 14.4 Å². The van der Waals surface area contributed by atoms with Crippen molar-refractivity contribution in [1.82, 2.24) is 0 Å². The highest BCUT2D eigenvalue weighted by Crippen LogP contribution is 2.14. The quantitative estimate of drug-likeness (QED) is 0.0262. The summed E-state index contributed by atoms with van der Waals surface area (Å²) in [5.74, 6) is -0.913. The average molecular weight is 895 g/mol. The number of esters is 3. The van der Waals surface area contributed by atoms with Crippen LogP contribution in [0.1, 0.15) is 271 Å². The van der Waals surface area contributed by atoms with E-state index in [0.29, 0.717) is 19.3 Å². The molecule has 0 aliphatic heterocycles. The summed E-state index contributed by atoms with van der Waals surface area (Å²) in [5, 5.41) is 0. The Kier molecular flexibility index (Phi) is 50.4. The Morgan fingerprint density at radius 3 is 0.922 bits per heavy atom. The van der Waals surface area contributed by atoms with Gasteiger partial charge in [-0.05, 0) is 96.3 Å². The summed E-state index contributed by atoms with van der Waals surface area (Å²) >= 11 is 0. The van der Waals surface area contributed by atoms with Crippen LogP contribution in [0.4, 0.5) is 0 Å². The molecule has 0 rings (SSSR count). The highest BCUT2D eigenvalue weighted by Gasteiger charge is 2.19. The molecule has 0 amide bonds. The van der Waals surface area contributed by atoms with Gasteiger partial charge in [-0.1, -0.05) is 216 Å². The molecule has 0 aliphatic carbocycles. The summed E-state index contributed by atoms with van der Waals surface area (Å²) in [4.78, 5) is 38.0. The minimum atomic E-state index is -0.788. The van der Waals surface area contributed by atoms with E-state index in [2.05, 4.69) is 81.5 Å². The minimum absolute atomic E-state index is 0.0863. The van der Waals surface area contributed by atoms with Crippen molar-refractivity contribution < 1.29 is 28.6 Å². The van der Waals surface area contributed by atoms with Gasteiger partial charge in [0, 0.05) is 19.3 Å². The Morgan fingerprint density at radius 1 is 0.312 bits per heavy atom. The Balaban J connectivity index is 4.40. The molecule has 0 aliphatic rings. The second-order valence-electron chi connectivity index (χ2n) is 18.1. The molecule has 0 bridgehead atoms. The highest BCUT2D eigenvalue weighted by atomic mass is 16.6. The smallest absolute Gasteiger partial charge is 0.306 e. The summed E-state index contributed by atoms with van der Waals surface area (Å²) in [6.07, 6.45) is 64.9. The third-order valence-electron chi connectivity index (χ3n) is 11.7. The summed E-state index contributed by atoms with van der Waals surface area (Å²) in [7, 11) is 0. The standard InChI is InChI=1S/C58H102O6/c1-4-7-10-13-16-19-22-25-28-29-30-31-34-36-39-42-45-48-51-57(60)63-54-55(64-58(61)52-49-46-43-40-37-33-27-24-21-18-15-12-9-6-3)53-62-56(59)50-47-44-41-38-35-32-26-23-20-17-14-11-8-5-2/h14-15,17-18,23-24,26-29,55H,4-13,16,19-22,25,30-54H2,1-3H3/b17-14-,18-15-,26-23-,27-24-,29-28-. The van der Waals surface area contributed by atoms with Crippen LogP contribution in [0.3, 0.4) is 0 Å². The first-order valence-corrected chi connectivity index (χ1v) is 27.3. The zero-order valence-electron chi connectivity index (χ0n) is 42.3. The average Bonchev–Trinajstić information content (AvgIpc) is 3.29. The van der Waals surface area contributed by atoms with Crippen molar-refractivity contribution in [1.29, 1.82) is 0 Å². The first-order chi connectivity index (χ1) is 31.5. The van der Waals surface area contributed by atoms with E-state index in [-0.39, 0.29) is 31.1 Å². The first-order valence-electron chi connectivity index (χ1n) is 27.3. The molecule has 64 heavy (non-hydrogen) atoms. The molecule has 0 fully saturated rings. The molecule has 370 valence electrons.